The smallest absolute Gasteiger partial charge is 0.336 e. The first-order valence-corrected chi connectivity index (χ1v) is 10.6. The second kappa shape index (κ2) is 8.78. The molecule has 2 aromatic heterocycles. The van der Waals surface area contributed by atoms with Crippen molar-refractivity contribution in [2.45, 2.75) is 52.0 Å². The average molecular weight is 395 g/mol. The fourth-order valence-corrected chi connectivity index (χ4v) is 3.85. The van der Waals surface area contributed by atoms with Gasteiger partial charge in [-0.15, -0.1) is 5.10 Å². The fourth-order valence-electron chi connectivity index (χ4n) is 3.85. The van der Waals surface area contributed by atoms with E-state index in [0.29, 0.717) is 24.1 Å². The summed E-state index contributed by atoms with van der Waals surface area (Å²) in [6.07, 6.45) is 6.48. The van der Waals surface area contributed by atoms with Crippen molar-refractivity contribution in [2.75, 3.05) is 25.4 Å². The number of fused-ring (bicyclic) bond motifs is 1. The Morgan fingerprint density at radius 3 is 2.66 bits per heavy atom. The molecule has 0 bridgehead atoms. The fraction of sp³-hybridized carbons (Fsp3) is 0.500. The Morgan fingerprint density at radius 2 is 1.93 bits per heavy atom. The van der Waals surface area contributed by atoms with Gasteiger partial charge in [0.25, 0.3) is 0 Å². The standard InChI is InChI=1S/C22H30N6O/c1-3-4-13-29-22-25-20(23)21-24-14-19(28(21)26-22)16(2)18-9-7-17(8-10-18)15-27-11-5-6-12-27/h7-10,14,16H,3-6,11-13,15H2,1-2H3,(H2,23,25,26). The molecule has 1 unspecified atom stereocenters. The third-order valence-electron chi connectivity index (χ3n) is 5.65. The van der Waals surface area contributed by atoms with Gasteiger partial charge in [0.05, 0.1) is 18.5 Å². The number of ether oxygens (including phenoxy) is 1. The van der Waals surface area contributed by atoms with E-state index in [2.05, 4.69) is 58.1 Å². The molecule has 7 heteroatoms. The molecule has 0 saturated carbocycles. The summed E-state index contributed by atoms with van der Waals surface area (Å²) in [5.74, 6) is 0.467. The Labute approximate surface area is 171 Å². The number of imidazole rings is 1. The van der Waals surface area contributed by atoms with E-state index in [4.69, 9.17) is 10.5 Å². The molecule has 2 N–H and O–H groups in total. The zero-order chi connectivity index (χ0) is 20.2. The molecular weight excluding hydrogens is 364 g/mol. The zero-order valence-electron chi connectivity index (χ0n) is 17.3. The van der Waals surface area contributed by atoms with Crippen LogP contribution in [-0.4, -0.2) is 44.2 Å². The monoisotopic (exact) mass is 394 g/mol. The molecule has 0 amide bonds. The number of nitrogen functional groups attached to an aromatic ring is 1. The molecule has 7 nitrogen and oxygen atoms in total. The van der Waals surface area contributed by atoms with E-state index in [1.54, 1.807) is 4.52 Å². The van der Waals surface area contributed by atoms with Crippen molar-refractivity contribution in [2.24, 2.45) is 0 Å². The minimum Gasteiger partial charge on any atom is -0.462 e. The van der Waals surface area contributed by atoms with Crippen molar-refractivity contribution in [1.29, 1.82) is 0 Å². The van der Waals surface area contributed by atoms with E-state index < -0.39 is 0 Å². The lowest BCUT2D eigenvalue weighted by atomic mass is 9.97. The number of unbranched alkanes of at least 4 members (excludes halogenated alkanes) is 1. The Hall–Kier alpha value is -2.67. The van der Waals surface area contributed by atoms with Gasteiger partial charge < -0.3 is 10.5 Å². The van der Waals surface area contributed by atoms with Crippen LogP contribution in [-0.2, 0) is 6.54 Å². The highest BCUT2D eigenvalue weighted by Gasteiger charge is 2.18. The van der Waals surface area contributed by atoms with Crippen LogP contribution in [0.3, 0.4) is 0 Å². The number of hydrogen-bond donors (Lipinski definition) is 1. The highest BCUT2D eigenvalue weighted by molar-refractivity contribution is 5.60. The van der Waals surface area contributed by atoms with E-state index in [1.807, 2.05) is 6.20 Å². The lowest BCUT2D eigenvalue weighted by molar-refractivity contribution is 0.280. The quantitative estimate of drug-likeness (QED) is 0.588. The maximum Gasteiger partial charge on any atom is 0.336 e. The Balaban J connectivity index is 1.55. The van der Waals surface area contributed by atoms with Crippen molar-refractivity contribution in [3.8, 4) is 6.01 Å². The van der Waals surface area contributed by atoms with Crippen molar-refractivity contribution in [3.63, 3.8) is 0 Å². The molecule has 1 aliphatic heterocycles. The largest absolute Gasteiger partial charge is 0.462 e. The van der Waals surface area contributed by atoms with Crippen molar-refractivity contribution in [3.05, 3.63) is 47.3 Å². The number of aromatic nitrogens is 4. The van der Waals surface area contributed by atoms with Gasteiger partial charge in [-0.1, -0.05) is 44.5 Å². The lowest BCUT2D eigenvalue weighted by Gasteiger charge is -2.16. The molecule has 3 heterocycles. The minimum absolute atomic E-state index is 0.128. The van der Waals surface area contributed by atoms with Crippen molar-refractivity contribution < 1.29 is 4.74 Å². The molecule has 1 aliphatic rings. The molecule has 1 saturated heterocycles. The first kappa shape index (κ1) is 19.6. The van der Waals surface area contributed by atoms with Crippen LogP contribution in [0.15, 0.2) is 30.5 Å². The van der Waals surface area contributed by atoms with Gasteiger partial charge in [-0.25, -0.2) is 9.50 Å². The topological polar surface area (TPSA) is 81.6 Å². The number of anilines is 1. The molecule has 0 aliphatic carbocycles. The number of nitrogens with zero attached hydrogens (tertiary/aromatic N) is 5. The average Bonchev–Trinajstić information content (AvgIpc) is 3.38. The Kier molecular flexibility index (Phi) is 5.94. The predicted molar refractivity (Wildman–Crippen MR) is 114 cm³/mol. The number of hydrogen-bond acceptors (Lipinski definition) is 6. The molecule has 154 valence electrons. The molecule has 0 radical (unpaired) electrons. The second-order valence-corrected chi connectivity index (χ2v) is 7.85. The molecule has 29 heavy (non-hydrogen) atoms. The van der Waals surface area contributed by atoms with Crippen LogP contribution < -0.4 is 10.5 Å². The summed E-state index contributed by atoms with van der Waals surface area (Å²) in [6, 6.07) is 9.18. The van der Waals surface area contributed by atoms with E-state index in [9.17, 15) is 0 Å². The summed E-state index contributed by atoms with van der Waals surface area (Å²) >= 11 is 0. The molecule has 4 rings (SSSR count). The van der Waals surface area contributed by atoms with Gasteiger partial charge in [-0.3, -0.25) is 4.90 Å². The van der Waals surface area contributed by atoms with Crippen LogP contribution in [0, 0.1) is 0 Å². The number of likely N-dealkylation sites (tertiary alicyclic amines) is 1. The van der Waals surface area contributed by atoms with Crippen molar-refractivity contribution >= 4 is 11.5 Å². The van der Waals surface area contributed by atoms with E-state index in [1.165, 1.54) is 37.1 Å². The van der Waals surface area contributed by atoms with Crippen LogP contribution in [0.2, 0.25) is 0 Å². The predicted octanol–water partition coefficient (Wildman–Crippen LogP) is 3.63. The summed E-state index contributed by atoms with van der Waals surface area (Å²) in [6.45, 7) is 8.32. The van der Waals surface area contributed by atoms with Crippen LogP contribution in [0.1, 0.15) is 62.3 Å². The normalized spacial score (nSPS) is 15.8. The molecule has 1 atom stereocenters. The Bertz CT molecular complexity index is 946. The Morgan fingerprint density at radius 1 is 1.17 bits per heavy atom. The maximum absolute atomic E-state index is 6.09. The first-order chi connectivity index (χ1) is 14.2. The number of rotatable bonds is 8. The van der Waals surface area contributed by atoms with Gasteiger partial charge in [0, 0.05) is 12.5 Å². The molecular formula is C22H30N6O. The molecule has 1 aromatic carbocycles. The molecule has 0 spiro atoms. The van der Waals surface area contributed by atoms with Crippen LogP contribution >= 0.6 is 0 Å². The van der Waals surface area contributed by atoms with Crippen LogP contribution in [0.4, 0.5) is 5.82 Å². The zero-order valence-corrected chi connectivity index (χ0v) is 17.3. The minimum atomic E-state index is 0.128. The van der Waals surface area contributed by atoms with Crippen molar-refractivity contribution in [1.82, 2.24) is 24.5 Å². The second-order valence-electron chi connectivity index (χ2n) is 7.85. The summed E-state index contributed by atoms with van der Waals surface area (Å²) in [4.78, 5) is 11.2. The summed E-state index contributed by atoms with van der Waals surface area (Å²) in [5.41, 5.74) is 10.2. The summed E-state index contributed by atoms with van der Waals surface area (Å²) in [5, 5.41) is 4.53. The van der Waals surface area contributed by atoms with Crippen LogP contribution in [0.5, 0.6) is 6.01 Å². The van der Waals surface area contributed by atoms with Gasteiger partial charge in [-0.05, 0) is 43.5 Å². The molecule has 1 fully saturated rings. The maximum atomic E-state index is 6.09. The van der Waals surface area contributed by atoms with Gasteiger partial charge in [-0.2, -0.15) is 4.98 Å². The first-order valence-electron chi connectivity index (χ1n) is 10.6. The van der Waals surface area contributed by atoms with Gasteiger partial charge in [0.15, 0.2) is 11.5 Å². The van der Waals surface area contributed by atoms with E-state index in [-0.39, 0.29) is 5.92 Å². The van der Waals surface area contributed by atoms with Gasteiger partial charge in [0.1, 0.15) is 0 Å². The highest BCUT2D eigenvalue weighted by atomic mass is 16.5. The van der Waals surface area contributed by atoms with Crippen LogP contribution in [0.25, 0.3) is 5.65 Å². The van der Waals surface area contributed by atoms with Gasteiger partial charge in [0.2, 0.25) is 0 Å². The van der Waals surface area contributed by atoms with E-state index in [0.717, 1.165) is 25.1 Å². The highest BCUT2D eigenvalue weighted by Crippen LogP contribution is 2.27. The third-order valence-corrected chi connectivity index (χ3v) is 5.65. The van der Waals surface area contributed by atoms with E-state index >= 15 is 0 Å². The molecule has 3 aromatic rings. The summed E-state index contributed by atoms with van der Waals surface area (Å²) in [7, 11) is 0. The number of benzene rings is 1. The van der Waals surface area contributed by atoms with Gasteiger partial charge >= 0.3 is 6.01 Å². The lowest BCUT2D eigenvalue weighted by Crippen LogP contribution is -2.18. The number of nitrogens with two attached hydrogens (primary N) is 1. The third kappa shape index (κ3) is 4.34. The summed E-state index contributed by atoms with van der Waals surface area (Å²) < 4.78 is 7.44. The SMILES string of the molecule is CCCCOc1nc(N)c2ncc(C(C)c3ccc(CN4CCCC4)cc3)n2n1.